The Morgan fingerprint density at radius 2 is 1.96 bits per heavy atom. The molecule has 24 heavy (non-hydrogen) atoms. The van der Waals surface area contributed by atoms with Crippen molar-refractivity contribution in [3.05, 3.63) is 30.3 Å². The molecule has 0 saturated heterocycles. The third kappa shape index (κ3) is 4.32. The molecular weight excluding hydrogens is 306 g/mol. The molecule has 0 aliphatic carbocycles. The summed E-state index contributed by atoms with van der Waals surface area (Å²) in [6, 6.07) is 8.62. The number of hydrazone groups is 1. The van der Waals surface area contributed by atoms with Crippen LogP contribution in [0.3, 0.4) is 0 Å². The first kappa shape index (κ1) is 17.9. The number of para-hydroxylation sites is 1. The molecule has 2 rings (SSSR count). The molecule has 1 aromatic rings. The maximum absolute atomic E-state index is 12.3. The Bertz CT molecular complexity index is 598. The van der Waals surface area contributed by atoms with E-state index < -0.39 is 11.9 Å². The lowest BCUT2D eigenvalue weighted by Gasteiger charge is -2.20. The summed E-state index contributed by atoms with van der Waals surface area (Å²) < 4.78 is 0. The van der Waals surface area contributed by atoms with Gasteiger partial charge in [0.15, 0.2) is 0 Å². The number of hydrogen-bond acceptors (Lipinski definition) is 5. The van der Waals surface area contributed by atoms with Crippen LogP contribution in [-0.4, -0.2) is 54.6 Å². The summed E-state index contributed by atoms with van der Waals surface area (Å²) in [5, 5.41) is 8.72. The molecule has 1 atom stereocenters. The van der Waals surface area contributed by atoms with Gasteiger partial charge in [-0.05, 0) is 25.2 Å². The van der Waals surface area contributed by atoms with Crippen LogP contribution < -0.4 is 16.1 Å². The quantitative estimate of drug-likeness (QED) is 0.728. The smallest absolute Gasteiger partial charge is 0.267 e. The lowest BCUT2D eigenvalue weighted by Crippen LogP contribution is -2.40. The second-order valence-electron chi connectivity index (χ2n) is 5.63. The normalized spacial score (nSPS) is 17.0. The van der Waals surface area contributed by atoms with E-state index in [1.807, 2.05) is 30.3 Å². The van der Waals surface area contributed by atoms with Gasteiger partial charge in [0.05, 0.1) is 5.69 Å². The van der Waals surface area contributed by atoms with Gasteiger partial charge < -0.3 is 16.0 Å². The van der Waals surface area contributed by atoms with Crippen molar-refractivity contribution >= 4 is 23.2 Å². The predicted molar refractivity (Wildman–Crippen MR) is 94.8 cm³/mol. The highest BCUT2D eigenvalue weighted by Crippen LogP contribution is 2.24. The van der Waals surface area contributed by atoms with Crippen LogP contribution >= 0.6 is 0 Å². The van der Waals surface area contributed by atoms with E-state index in [4.69, 9.17) is 5.73 Å². The standard InChI is InChI=1S/C17H25N5O2/c1-3-21(4-2)11-10-19-17(24)14-12-15(16(18)23)22(20-14)13-8-6-5-7-9-13/h5-9,15H,3-4,10-12H2,1-2H3,(H2,18,23)(H,19,24). The summed E-state index contributed by atoms with van der Waals surface area (Å²) in [7, 11) is 0. The number of nitrogens with one attached hydrogen (secondary N) is 1. The van der Waals surface area contributed by atoms with Crippen molar-refractivity contribution in [2.75, 3.05) is 31.2 Å². The molecule has 0 bridgehead atoms. The predicted octanol–water partition coefficient (Wildman–Crippen LogP) is 0.565. The first-order chi connectivity index (χ1) is 11.6. The maximum Gasteiger partial charge on any atom is 0.267 e. The highest BCUT2D eigenvalue weighted by Gasteiger charge is 2.34. The Balaban J connectivity index is 2.02. The van der Waals surface area contributed by atoms with Crippen LogP contribution in [0.25, 0.3) is 0 Å². The van der Waals surface area contributed by atoms with Crippen LogP contribution in [0.2, 0.25) is 0 Å². The van der Waals surface area contributed by atoms with Crippen molar-refractivity contribution in [2.24, 2.45) is 10.8 Å². The number of carbonyl (C=O) groups excluding carboxylic acids is 2. The lowest BCUT2D eigenvalue weighted by molar-refractivity contribution is -0.119. The molecule has 3 N–H and O–H groups in total. The van der Waals surface area contributed by atoms with Gasteiger partial charge in [0.2, 0.25) is 5.91 Å². The Morgan fingerprint density at radius 1 is 1.29 bits per heavy atom. The highest BCUT2D eigenvalue weighted by molar-refractivity contribution is 6.40. The third-order valence-corrected chi connectivity index (χ3v) is 4.13. The number of anilines is 1. The molecule has 1 heterocycles. The fourth-order valence-corrected chi connectivity index (χ4v) is 2.66. The van der Waals surface area contributed by atoms with Crippen molar-refractivity contribution in [1.29, 1.82) is 0 Å². The second-order valence-corrected chi connectivity index (χ2v) is 5.63. The number of benzene rings is 1. The third-order valence-electron chi connectivity index (χ3n) is 4.13. The van der Waals surface area contributed by atoms with Gasteiger partial charge in [-0.25, -0.2) is 0 Å². The molecule has 1 aliphatic heterocycles. The topological polar surface area (TPSA) is 91.0 Å². The van der Waals surface area contributed by atoms with Crippen LogP contribution in [0.1, 0.15) is 20.3 Å². The Kier molecular flexibility index (Phi) is 6.31. The summed E-state index contributed by atoms with van der Waals surface area (Å²) in [5.74, 6) is -0.736. The molecule has 0 saturated carbocycles. The van der Waals surface area contributed by atoms with E-state index in [-0.39, 0.29) is 12.3 Å². The van der Waals surface area contributed by atoms with Crippen molar-refractivity contribution in [2.45, 2.75) is 26.3 Å². The molecule has 2 amide bonds. The van der Waals surface area contributed by atoms with Gasteiger partial charge in [0, 0.05) is 19.5 Å². The number of primary amides is 1. The average molecular weight is 331 g/mol. The fraction of sp³-hybridized carbons (Fsp3) is 0.471. The summed E-state index contributed by atoms with van der Waals surface area (Å²) in [6.07, 6.45) is 0.224. The first-order valence-electron chi connectivity index (χ1n) is 8.28. The van der Waals surface area contributed by atoms with Gasteiger partial charge in [-0.15, -0.1) is 0 Å². The van der Waals surface area contributed by atoms with E-state index in [1.54, 1.807) is 0 Å². The molecule has 0 radical (unpaired) electrons. The van der Waals surface area contributed by atoms with Crippen molar-refractivity contribution < 1.29 is 9.59 Å². The van der Waals surface area contributed by atoms with E-state index >= 15 is 0 Å². The molecule has 0 fully saturated rings. The minimum atomic E-state index is -0.629. The molecule has 7 heteroatoms. The number of nitrogens with two attached hydrogens (primary N) is 1. The lowest BCUT2D eigenvalue weighted by atomic mass is 10.1. The van der Waals surface area contributed by atoms with E-state index in [0.29, 0.717) is 12.3 Å². The van der Waals surface area contributed by atoms with Crippen molar-refractivity contribution in [1.82, 2.24) is 10.2 Å². The second kappa shape index (κ2) is 8.44. The molecule has 1 unspecified atom stereocenters. The van der Waals surface area contributed by atoms with Gasteiger partial charge in [0.25, 0.3) is 5.91 Å². The SMILES string of the molecule is CCN(CC)CCNC(=O)C1=NN(c2ccccc2)C(C(N)=O)C1. The Morgan fingerprint density at radius 3 is 2.54 bits per heavy atom. The van der Waals surface area contributed by atoms with E-state index in [1.165, 1.54) is 5.01 Å². The highest BCUT2D eigenvalue weighted by atomic mass is 16.2. The van der Waals surface area contributed by atoms with Crippen molar-refractivity contribution in [3.8, 4) is 0 Å². The largest absolute Gasteiger partial charge is 0.368 e. The van der Waals surface area contributed by atoms with E-state index in [2.05, 4.69) is 29.2 Å². The van der Waals surface area contributed by atoms with Crippen LogP contribution in [0.4, 0.5) is 5.69 Å². The van der Waals surface area contributed by atoms with Crippen LogP contribution in [0, 0.1) is 0 Å². The van der Waals surface area contributed by atoms with Crippen LogP contribution in [0.5, 0.6) is 0 Å². The number of hydrogen-bond donors (Lipinski definition) is 2. The maximum atomic E-state index is 12.3. The minimum Gasteiger partial charge on any atom is -0.368 e. The first-order valence-corrected chi connectivity index (χ1v) is 8.28. The molecule has 1 aliphatic rings. The Hall–Kier alpha value is -2.41. The summed E-state index contributed by atoms with van der Waals surface area (Å²) in [6.45, 7) is 7.39. The van der Waals surface area contributed by atoms with Gasteiger partial charge in [-0.2, -0.15) is 5.10 Å². The Labute approximate surface area is 142 Å². The zero-order valence-electron chi connectivity index (χ0n) is 14.2. The minimum absolute atomic E-state index is 0.224. The molecule has 0 aromatic heterocycles. The fourth-order valence-electron chi connectivity index (χ4n) is 2.66. The summed E-state index contributed by atoms with van der Waals surface area (Å²) in [5.41, 5.74) is 6.55. The van der Waals surface area contributed by atoms with Crippen LogP contribution in [-0.2, 0) is 9.59 Å². The number of rotatable bonds is 8. The molecule has 1 aromatic carbocycles. The van der Waals surface area contributed by atoms with Crippen LogP contribution in [0.15, 0.2) is 35.4 Å². The monoisotopic (exact) mass is 331 g/mol. The van der Waals surface area contributed by atoms with E-state index in [9.17, 15) is 9.59 Å². The van der Waals surface area contributed by atoms with Gasteiger partial charge in [-0.1, -0.05) is 32.0 Å². The van der Waals surface area contributed by atoms with E-state index in [0.717, 1.165) is 25.3 Å². The number of nitrogens with zero attached hydrogens (tertiary/aromatic N) is 3. The molecular formula is C17H25N5O2. The van der Waals surface area contributed by atoms with Crippen molar-refractivity contribution in [3.63, 3.8) is 0 Å². The van der Waals surface area contributed by atoms with Gasteiger partial charge in [0.1, 0.15) is 11.8 Å². The summed E-state index contributed by atoms with van der Waals surface area (Å²) >= 11 is 0. The number of likely N-dealkylation sites (N-methyl/N-ethyl adjacent to an activating group) is 1. The number of carbonyl (C=O) groups is 2. The molecule has 130 valence electrons. The zero-order chi connectivity index (χ0) is 17.5. The number of amides is 2. The summed E-state index contributed by atoms with van der Waals surface area (Å²) in [4.78, 5) is 26.2. The molecule has 7 nitrogen and oxygen atoms in total. The average Bonchev–Trinajstić information content (AvgIpc) is 3.05. The zero-order valence-corrected chi connectivity index (χ0v) is 14.2. The molecule has 0 spiro atoms. The van der Waals surface area contributed by atoms with Gasteiger partial charge in [-0.3, -0.25) is 14.6 Å². The van der Waals surface area contributed by atoms with Gasteiger partial charge >= 0.3 is 0 Å².